The highest BCUT2D eigenvalue weighted by Crippen LogP contribution is 2.12. The van der Waals surface area contributed by atoms with Crippen LogP contribution in [0, 0.1) is 13.8 Å². The number of nitrogens with one attached hydrogen (secondary N) is 1. The first kappa shape index (κ1) is 13.0. The SMILES string of the molecule is Cc1cccc(C(=O)NCCCCCl)c1C. The molecule has 16 heavy (non-hydrogen) atoms. The van der Waals surface area contributed by atoms with E-state index < -0.39 is 0 Å². The van der Waals surface area contributed by atoms with Crippen LogP contribution in [0.15, 0.2) is 18.2 Å². The van der Waals surface area contributed by atoms with Gasteiger partial charge >= 0.3 is 0 Å². The summed E-state index contributed by atoms with van der Waals surface area (Å²) in [6.07, 6.45) is 1.87. The molecule has 1 amide bonds. The molecule has 3 heteroatoms. The van der Waals surface area contributed by atoms with Crippen molar-refractivity contribution in [2.24, 2.45) is 0 Å². The topological polar surface area (TPSA) is 29.1 Å². The highest BCUT2D eigenvalue weighted by molar-refractivity contribution is 6.17. The third-order valence-corrected chi connectivity index (χ3v) is 2.96. The molecule has 0 radical (unpaired) electrons. The molecule has 0 unspecified atom stereocenters. The summed E-state index contributed by atoms with van der Waals surface area (Å²) >= 11 is 5.57. The number of rotatable bonds is 5. The van der Waals surface area contributed by atoms with Crippen LogP contribution in [0.1, 0.15) is 34.3 Å². The van der Waals surface area contributed by atoms with E-state index in [4.69, 9.17) is 11.6 Å². The molecule has 0 saturated carbocycles. The van der Waals surface area contributed by atoms with E-state index in [1.165, 1.54) is 0 Å². The van der Waals surface area contributed by atoms with Gasteiger partial charge in [0.15, 0.2) is 0 Å². The third-order valence-electron chi connectivity index (χ3n) is 2.70. The Kier molecular flexibility index (Phi) is 5.33. The summed E-state index contributed by atoms with van der Waals surface area (Å²) < 4.78 is 0. The summed E-state index contributed by atoms with van der Waals surface area (Å²) in [5.74, 6) is 0.662. The van der Waals surface area contributed by atoms with Gasteiger partial charge in [-0.2, -0.15) is 0 Å². The summed E-state index contributed by atoms with van der Waals surface area (Å²) in [6.45, 7) is 4.68. The fraction of sp³-hybridized carbons (Fsp3) is 0.462. The molecule has 0 aliphatic carbocycles. The molecule has 2 nitrogen and oxygen atoms in total. The lowest BCUT2D eigenvalue weighted by atomic mass is 10.0. The van der Waals surface area contributed by atoms with E-state index in [-0.39, 0.29) is 5.91 Å². The molecule has 1 aromatic rings. The Morgan fingerprint density at radius 2 is 2.06 bits per heavy atom. The van der Waals surface area contributed by atoms with Crippen LogP contribution in [-0.4, -0.2) is 18.3 Å². The van der Waals surface area contributed by atoms with Crippen molar-refractivity contribution in [3.63, 3.8) is 0 Å². The molecule has 1 rings (SSSR count). The zero-order chi connectivity index (χ0) is 12.0. The second kappa shape index (κ2) is 6.54. The Morgan fingerprint density at radius 3 is 2.75 bits per heavy atom. The van der Waals surface area contributed by atoms with Gasteiger partial charge in [0.2, 0.25) is 0 Å². The molecule has 1 N–H and O–H groups in total. The van der Waals surface area contributed by atoms with Gasteiger partial charge in [-0.3, -0.25) is 4.79 Å². The number of carbonyl (C=O) groups excluding carboxylic acids is 1. The number of carbonyl (C=O) groups is 1. The molecule has 0 spiro atoms. The van der Waals surface area contributed by atoms with Gasteiger partial charge in [-0.05, 0) is 43.9 Å². The van der Waals surface area contributed by atoms with E-state index in [1.807, 2.05) is 32.0 Å². The Balaban J connectivity index is 2.56. The number of aryl methyl sites for hydroxylation is 1. The number of alkyl halides is 1. The lowest BCUT2D eigenvalue weighted by Crippen LogP contribution is -2.25. The third kappa shape index (κ3) is 3.53. The molecule has 0 heterocycles. The van der Waals surface area contributed by atoms with Crippen molar-refractivity contribution in [2.75, 3.05) is 12.4 Å². The van der Waals surface area contributed by atoms with Crippen molar-refractivity contribution in [1.82, 2.24) is 5.32 Å². The van der Waals surface area contributed by atoms with Crippen LogP contribution in [0.25, 0.3) is 0 Å². The molecular weight excluding hydrogens is 222 g/mol. The lowest BCUT2D eigenvalue weighted by Gasteiger charge is -2.09. The minimum absolute atomic E-state index is 0.00997. The molecule has 88 valence electrons. The van der Waals surface area contributed by atoms with E-state index in [0.29, 0.717) is 12.4 Å². The first-order valence-electron chi connectivity index (χ1n) is 5.57. The molecule has 0 aliphatic heterocycles. The highest BCUT2D eigenvalue weighted by Gasteiger charge is 2.08. The molecule has 0 aromatic heterocycles. The fourth-order valence-electron chi connectivity index (χ4n) is 1.51. The largest absolute Gasteiger partial charge is 0.352 e. The van der Waals surface area contributed by atoms with Crippen LogP contribution < -0.4 is 5.32 Å². The Morgan fingerprint density at radius 1 is 1.31 bits per heavy atom. The van der Waals surface area contributed by atoms with E-state index in [2.05, 4.69) is 5.32 Å². The smallest absolute Gasteiger partial charge is 0.251 e. The predicted molar refractivity (Wildman–Crippen MR) is 68.2 cm³/mol. The highest BCUT2D eigenvalue weighted by atomic mass is 35.5. The maximum Gasteiger partial charge on any atom is 0.251 e. The average molecular weight is 240 g/mol. The van der Waals surface area contributed by atoms with E-state index in [1.54, 1.807) is 0 Å². The van der Waals surface area contributed by atoms with Crippen LogP contribution in [0.5, 0.6) is 0 Å². The molecule has 0 fully saturated rings. The van der Waals surface area contributed by atoms with Crippen molar-refractivity contribution < 1.29 is 4.79 Å². The van der Waals surface area contributed by atoms with Crippen molar-refractivity contribution >= 4 is 17.5 Å². The summed E-state index contributed by atoms with van der Waals surface area (Å²) in [6, 6.07) is 5.79. The number of benzene rings is 1. The van der Waals surface area contributed by atoms with Crippen LogP contribution >= 0.6 is 11.6 Å². The van der Waals surface area contributed by atoms with Gasteiger partial charge in [0.25, 0.3) is 5.91 Å². The lowest BCUT2D eigenvalue weighted by molar-refractivity contribution is 0.0952. The van der Waals surface area contributed by atoms with Crippen molar-refractivity contribution in [3.05, 3.63) is 34.9 Å². The quantitative estimate of drug-likeness (QED) is 0.621. The minimum atomic E-state index is 0.00997. The summed E-state index contributed by atoms with van der Waals surface area (Å²) in [5.41, 5.74) is 2.97. The maximum atomic E-state index is 11.8. The van der Waals surface area contributed by atoms with E-state index in [0.717, 1.165) is 29.5 Å². The molecule has 0 bridgehead atoms. The Bertz CT molecular complexity index is 363. The molecule has 1 aromatic carbocycles. The van der Waals surface area contributed by atoms with Gasteiger partial charge in [0, 0.05) is 18.0 Å². The number of amides is 1. The first-order chi connectivity index (χ1) is 7.66. The Hall–Kier alpha value is -1.02. The predicted octanol–water partition coefficient (Wildman–Crippen LogP) is 3.05. The minimum Gasteiger partial charge on any atom is -0.352 e. The number of halogens is 1. The standard InChI is InChI=1S/C13H18ClNO/c1-10-6-5-7-12(11(10)2)13(16)15-9-4-3-8-14/h5-7H,3-4,8-9H2,1-2H3,(H,15,16). The van der Waals surface area contributed by atoms with Crippen molar-refractivity contribution in [2.45, 2.75) is 26.7 Å². The zero-order valence-electron chi connectivity index (χ0n) is 9.85. The van der Waals surface area contributed by atoms with Gasteiger partial charge in [0.1, 0.15) is 0 Å². The van der Waals surface area contributed by atoms with Crippen LogP contribution in [0.4, 0.5) is 0 Å². The first-order valence-corrected chi connectivity index (χ1v) is 6.10. The molecular formula is C13H18ClNO. The van der Waals surface area contributed by atoms with Gasteiger partial charge in [0.05, 0.1) is 0 Å². The second-order valence-electron chi connectivity index (χ2n) is 3.90. The fourth-order valence-corrected chi connectivity index (χ4v) is 1.70. The van der Waals surface area contributed by atoms with E-state index in [9.17, 15) is 4.79 Å². The number of hydrogen-bond donors (Lipinski definition) is 1. The number of hydrogen-bond acceptors (Lipinski definition) is 1. The van der Waals surface area contributed by atoms with Gasteiger partial charge in [-0.15, -0.1) is 11.6 Å². The van der Waals surface area contributed by atoms with E-state index >= 15 is 0 Å². The van der Waals surface area contributed by atoms with Gasteiger partial charge in [-0.1, -0.05) is 12.1 Å². The Labute approximate surface area is 102 Å². The summed E-state index contributed by atoms with van der Waals surface area (Å²) in [4.78, 5) is 11.8. The normalized spacial score (nSPS) is 10.2. The summed E-state index contributed by atoms with van der Waals surface area (Å²) in [5, 5.41) is 2.90. The molecule has 0 saturated heterocycles. The maximum absolute atomic E-state index is 11.8. The van der Waals surface area contributed by atoms with Gasteiger partial charge in [-0.25, -0.2) is 0 Å². The second-order valence-corrected chi connectivity index (χ2v) is 4.28. The summed E-state index contributed by atoms with van der Waals surface area (Å²) in [7, 11) is 0. The molecule has 0 atom stereocenters. The molecule has 0 aliphatic rings. The van der Waals surface area contributed by atoms with Crippen molar-refractivity contribution in [1.29, 1.82) is 0 Å². The monoisotopic (exact) mass is 239 g/mol. The van der Waals surface area contributed by atoms with Crippen LogP contribution in [0.2, 0.25) is 0 Å². The van der Waals surface area contributed by atoms with Gasteiger partial charge < -0.3 is 5.32 Å². The van der Waals surface area contributed by atoms with Crippen LogP contribution in [0.3, 0.4) is 0 Å². The zero-order valence-corrected chi connectivity index (χ0v) is 10.6. The average Bonchev–Trinajstić information content (AvgIpc) is 2.28. The number of unbranched alkanes of at least 4 members (excludes halogenated alkanes) is 1. The van der Waals surface area contributed by atoms with Crippen molar-refractivity contribution in [3.8, 4) is 0 Å². The van der Waals surface area contributed by atoms with Crippen LogP contribution in [-0.2, 0) is 0 Å².